The number of nitrogens with one attached hydrogen (secondary N) is 3. The van der Waals surface area contributed by atoms with Gasteiger partial charge in [-0.05, 0) is 27.1 Å². The number of aromatic nitrogens is 4. The first-order valence-electron chi connectivity index (χ1n) is 15.7. The van der Waals surface area contributed by atoms with Gasteiger partial charge in [-0.15, -0.1) is 16.9 Å². The largest absolute Gasteiger partial charge is 0.477 e. The van der Waals surface area contributed by atoms with E-state index in [1.54, 1.807) is 48.5 Å². The number of piperazine rings is 1. The van der Waals surface area contributed by atoms with Crippen molar-refractivity contribution in [1.82, 2.24) is 51.0 Å². The Hall–Kier alpha value is -5.40. The first-order valence-corrected chi connectivity index (χ1v) is 19.4. The number of hydroxylamine groups is 1. The van der Waals surface area contributed by atoms with Gasteiger partial charge in [0, 0.05) is 31.1 Å². The summed E-state index contributed by atoms with van der Waals surface area (Å²) >= 11 is 1.81. The van der Waals surface area contributed by atoms with Crippen LogP contribution < -0.4 is 16.1 Å². The number of benzene rings is 2. The fourth-order valence-electron chi connectivity index (χ4n) is 5.90. The topological polar surface area (TPSA) is 287 Å². The van der Waals surface area contributed by atoms with Crippen molar-refractivity contribution in [3.05, 3.63) is 83.1 Å². The normalized spacial score (nSPS) is 20.7. The summed E-state index contributed by atoms with van der Waals surface area (Å²) in [6.07, 6.45) is 0. The minimum absolute atomic E-state index is 0.0252. The second-order valence-corrected chi connectivity index (χ2v) is 15.4. The van der Waals surface area contributed by atoms with Crippen LogP contribution in [0.4, 0.5) is 4.79 Å². The van der Waals surface area contributed by atoms with Gasteiger partial charge in [-0.3, -0.25) is 33.5 Å². The number of carbonyl (C=O) groups is 6. The molecule has 0 aliphatic carbocycles. The predicted octanol–water partition coefficient (Wildman–Crippen LogP) is -1.02. The molecule has 3 atom stereocenters. The van der Waals surface area contributed by atoms with Gasteiger partial charge in [0.1, 0.15) is 17.1 Å². The number of carboxylic acids is 1. The Morgan fingerprint density at radius 1 is 1.02 bits per heavy atom. The number of thioether (sulfide) groups is 2. The van der Waals surface area contributed by atoms with E-state index in [1.165, 1.54) is 17.0 Å². The molecule has 21 nitrogen and oxygen atoms in total. The van der Waals surface area contributed by atoms with Gasteiger partial charge in [0.25, 0.3) is 16.0 Å². The summed E-state index contributed by atoms with van der Waals surface area (Å²) in [5.41, 5.74) is 0.256. The highest BCUT2D eigenvalue weighted by atomic mass is 32.2. The van der Waals surface area contributed by atoms with Crippen molar-refractivity contribution in [3.8, 4) is 0 Å². The van der Waals surface area contributed by atoms with Crippen LogP contribution in [0.5, 0.6) is 0 Å². The summed E-state index contributed by atoms with van der Waals surface area (Å²) in [6.45, 7) is -0.00862. The summed E-state index contributed by atoms with van der Waals surface area (Å²) in [5.74, 6) is -6.79. The number of aliphatic carboxylic acids is 1. The van der Waals surface area contributed by atoms with Gasteiger partial charge in [0.2, 0.25) is 16.7 Å². The highest BCUT2D eigenvalue weighted by Crippen LogP contribution is 2.46. The lowest BCUT2D eigenvalue weighted by Crippen LogP contribution is -2.85. The van der Waals surface area contributed by atoms with Gasteiger partial charge >= 0.3 is 23.8 Å². The van der Waals surface area contributed by atoms with Crippen LogP contribution >= 0.6 is 23.5 Å². The maximum absolute atomic E-state index is 13.9. The Balaban J connectivity index is 1.18. The Bertz CT molecular complexity index is 2140. The molecule has 2 aromatic carbocycles. The summed E-state index contributed by atoms with van der Waals surface area (Å²) in [4.78, 5) is 82.4. The minimum atomic E-state index is -4.51. The number of hydrogen-bond donors (Lipinski definition) is 6. The second kappa shape index (κ2) is 15.5. The number of nitrogens with zero attached hydrogens (tertiary/aromatic N) is 7. The summed E-state index contributed by atoms with van der Waals surface area (Å²) in [6, 6.07) is 14.0. The molecule has 2 fully saturated rings. The Morgan fingerprint density at radius 3 is 2.35 bits per heavy atom. The predicted molar refractivity (Wildman–Crippen MR) is 185 cm³/mol. The van der Waals surface area contributed by atoms with Crippen LogP contribution in [0.2, 0.25) is 0 Å². The van der Waals surface area contributed by atoms with Gasteiger partial charge in [-0.1, -0.05) is 72.4 Å². The molecule has 0 radical (unpaired) electrons. The standard InChI is InChI=1S/C30H30N10O11S3/c41-22(20(18-9-5-2-6-10-18)31-28(47)38-12-11-37(23(42)24(38)43)13-17-7-3-1-4-8-17)32-30(34-48)26(46)40-21(25(44)45)19(14-52-27(30)40)15-53-29-33-35-36-39(29)16-54(49,50)51/h1-10,20,27,34,48H,11-16H2,(H,31,47)(H,32,41)(H,44,45)(H,49,50,51)/t20?,27-,30-/m0/s1. The molecule has 1 unspecified atom stereocenters. The molecule has 0 saturated carbocycles. The Labute approximate surface area is 313 Å². The molecule has 284 valence electrons. The monoisotopic (exact) mass is 802 g/mol. The SMILES string of the molecule is O=C(O)C1=C(CSc2nnnn2CS(=O)(=O)O)CS[C@@H]2N1C(=O)[C@@]2(NO)NC(=O)C(NC(=O)N1CCN(Cc2ccccc2)C(=O)C1=O)c1ccccc1. The number of imide groups is 1. The zero-order valence-electron chi connectivity index (χ0n) is 27.6. The first-order chi connectivity index (χ1) is 25.7. The highest BCUT2D eigenvalue weighted by Gasteiger charge is 2.66. The van der Waals surface area contributed by atoms with E-state index in [-0.39, 0.29) is 47.4 Å². The molecule has 3 aliphatic heterocycles. The zero-order chi connectivity index (χ0) is 38.8. The van der Waals surface area contributed by atoms with Crippen LogP contribution in [0.3, 0.4) is 0 Å². The number of fused-ring (bicyclic) bond motifs is 1. The van der Waals surface area contributed by atoms with E-state index in [2.05, 4.69) is 26.2 Å². The van der Waals surface area contributed by atoms with Gasteiger partial charge in [0.15, 0.2) is 5.88 Å². The second-order valence-electron chi connectivity index (χ2n) is 11.9. The maximum Gasteiger partial charge on any atom is 0.352 e. The van der Waals surface area contributed by atoms with Crippen molar-refractivity contribution in [2.24, 2.45) is 0 Å². The van der Waals surface area contributed by atoms with E-state index in [4.69, 9.17) is 4.55 Å². The molecule has 6 rings (SSSR count). The van der Waals surface area contributed by atoms with Crippen molar-refractivity contribution in [2.75, 3.05) is 24.6 Å². The molecule has 54 heavy (non-hydrogen) atoms. The summed E-state index contributed by atoms with van der Waals surface area (Å²) in [7, 11) is -4.51. The number of carbonyl (C=O) groups excluding carboxylic acids is 5. The molecule has 6 amide bonds. The highest BCUT2D eigenvalue weighted by molar-refractivity contribution is 8.01. The van der Waals surface area contributed by atoms with Crippen LogP contribution in [-0.4, -0.2) is 129 Å². The molecular formula is C30H30N10O11S3. The fourth-order valence-corrected chi connectivity index (χ4v) is 8.89. The average molecular weight is 803 g/mol. The molecule has 0 spiro atoms. The first kappa shape index (κ1) is 38.3. The average Bonchev–Trinajstić information content (AvgIpc) is 3.58. The van der Waals surface area contributed by atoms with Crippen molar-refractivity contribution in [2.45, 2.75) is 34.7 Å². The number of rotatable bonds is 13. The molecule has 3 aromatic rings. The van der Waals surface area contributed by atoms with Gasteiger partial charge in [0.05, 0.1) is 0 Å². The molecular weight excluding hydrogens is 773 g/mol. The molecule has 0 bridgehead atoms. The van der Waals surface area contributed by atoms with E-state index < -0.39 is 74.4 Å². The molecule has 6 N–H and O–H groups in total. The van der Waals surface area contributed by atoms with E-state index in [9.17, 15) is 47.5 Å². The van der Waals surface area contributed by atoms with Crippen LogP contribution in [0.15, 0.2) is 77.1 Å². The van der Waals surface area contributed by atoms with E-state index in [1.807, 2.05) is 5.48 Å². The lowest BCUT2D eigenvalue weighted by Gasteiger charge is -2.56. The lowest BCUT2D eigenvalue weighted by atomic mass is 9.94. The number of β-lactam (4-membered cyclic amide) rings is 1. The summed E-state index contributed by atoms with van der Waals surface area (Å²) in [5, 5.41) is 34.5. The summed E-state index contributed by atoms with van der Waals surface area (Å²) < 4.78 is 32.6. The third-order valence-corrected chi connectivity index (χ3v) is 11.5. The Morgan fingerprint density at radius 2 is 1.70 bits per heavy atom. The van der Waals surface area contributed by atoms with E-state index in [0.717, 1.165) is 38.7 Å². The lowest BCUT2D eigenvalue weighted by molar-refractivity contribution is -0.171. The fraction of sp³-hybridized carbons (Fsp3) is 0.300. The number of hydrogen-bond acceptors (Lipinski definition) is 15. The minimum Gasteiger partial charge on any atom is -0.477 e. The molecule has 3 aliphatic rings. The molecule has 1 aromatic heterocycles. The number of urea groups is 1. The van der Waals surface area contributed by atoms with Crippen LogP contribution in [0.25, 0.3) is 0 Å². The van der Waals surface area contributed by atoms with Crippen LogP contribution in [0, 0.1) is 0 Å². The maximum atomic E-state index is 13.9. The zero-order valence-corrected chi connectivity index (χ0v) is 30.1. The van der Waals surface area contributed by atoms with Crippen molar-refractivity contribution >= 4 is 69.3 Å². The number of carboxylic acid groups (broad SMARTS) is 1. The van der Waals surface area contributed by atoms with E-state index in [0.29, 0.717) is 4.90 Å². The smallest absolute Gasteiger partial charge is 0.352 e. The molecule has 2 saturated heterocycles. The third-order valence-electron chi connectivity index (χ3n) is 8.44. The quantitative estimate of drug-likeness (QED) is 0.0301. The van der Waals surface area contributed by atoms with Crippen molar-refractivity contribution < 1.29 is 52.1 Å². The van der Waals surface area contributed by atoms with Crippen molar-refractivity contribution in [3.63, 3.8) is 0 Å². The van der Waals surface area contributed by atoms with Crippen molar-refractivity contribution in [1.29, 1.82) is 0 Å². The van der Waals surface area contributed by atoms with Gasteiger partial charge in [-0.2, -0.15) is 13.9 Å². The number of amides is 6. The van der Waals surface area contributed by atoms with E-state index >= 15 is 0 Å². The number of tetrazole rings is 1. The van der Waals surface area contributed by atoms with Gasteiger partial charge in [-0.25, -0.2) is 14.3 Å². The molecule has 4 heterocycles. The van der Waals surface area contributed by atoms with Crippen LogP contribution in [0.1, 0.15) is 17.2 Å². The molecule has 24 heteroatoms. The van der Waals surface area contributed by atoms with Crippen LogP contribution in [-0.2, 0) is 46.5 Å². The third kappa shape index (κ3) is 7.64. The Kier molecular flexibility index (Phi) is 11.0. The van der Waals surface area contributed by atoms with Gasteiger partial charge < -0.3 is 25.8 Å².